The normalized spacial score (nSPS) is 27.5. The average molecular weight is 261 g/mol. The zero-order valence-corrected chi connectivity index (χ0v) is 11.2. The van der Waals surface area contributed by atoms with Gasteiger partial charge < -0.3 is 9.47 Å². The van der Waals surface area contributed by atoms with Crippen LogP contribution in [0.25, 0.3) is 0 Å². The molecule has 2 aliphatic heterocycles. The average Bonchev–Trinajstić information content (AvgIpc) is 3.07. The highest BCUT2D eigenvalue weighted by molar-refractivity contribution is 5.77. The molecule has 4 nitrogen and oxygen atoms in total. The van der Waals surface area contributed by atoms with Gasteiger partial charge in [-0.25, -0.2) is 0 Å². The minimum Gasteiger partial charge on any atom is -0.496 e. The van der Waals surface area contributed by atoms with Crippen LogP contribution in [0.15, 0.2) is 24.3 Å². The first-order valence-electron chi connectivity index (χ1n) is 6.83. The number of para-hydroxylation sites is 1. The molecule has 0 N–H and O–H groups in total. The Hall–Kier alpha value is -1.55. The molecule has 3 rings (SSSR count). The quantitative estimate of drug-likeness (QED) is 0.778. The van der Waals surface area contributed by atoms with Crippen molar-refractivity contribution in [1.29, 1.82) is 0 Å². The van der Waals surface area contributed by atoms with Gasteiger partial charge in [0.25, 0.3) is 0 Å². The Labute approximate surface area is 113 Å². The molecule has 0 spiro atoms. The Morgan fingerprint density at radius 3 is 2.89 bits per heavy atom. The van der Waals surface area contributed by atoms with Crippen molar-refractivity contribution in [2.45, 2.75) is 24.8 Å². The van der Waals surface area contributed by atoms with Crippen molar-refractivity contribution in [3.8, 4) is 5.75 Å². The molecule has 102 valence electrons. The van der Waals surface area contributed by atoms with Crippen LogP contribution in [0.3, 0.4) is 0 Å². The number of nitrogens with zero attached hydrogens (tertiary/aromatic N) is 1. The lowest BCUT2D eigenvalue weighted by Crippen LogP contribution is -2.36. The largest absolute Gasteiger partial charge is 0.496 e. The number of hydrogen-bond acceptors (Lipinski definition) is 4. The molecule has 2 saturated heterocycles. The number of methoxy groups -OCH3 is 1. The van der Waals surface area contributed by atoms with Gasteiger partial charge in [0.2, 0.25) is 0 Å². The van der Waals surface area contributed by atoms with Gasteiger partial charge in [-0.1, -0.05) is 18.2 Å². The maximum Gasteiger partial charge on any atom is 0.323 e. The fourth-order valence-corrected chi connectivity index (χ4v) is 3.14. The Bertz CT molecular complexity index is 474. The summed E-state index contributed by atoms with van der Waals surface area (Å²) < 4.78 is 10.5. The third-order valence-corrected chi connectivity index (χ3v) is 4.15. The minimum absolute atomic E-state index is 0.0280. The van der Waals surface area contributed by atoms with Gasteiger partial charge >= 0.3 is 5.97 Å². The molecule has 2 fully saturated rings. The number of esters is 1. The highest BCUT2D eigenvalue weighted by Gasteiger charge is 2.37. The summed E-state index contributed by atoms with van der Waals surface area (Å²) in [6.45, 7) is 2.45. The van der Waals surface area contributed by atoms with Crippen LogP contribution in [0.4, 0.5) is 0 Å². The first-order valence-corrected chi connectivity index (χ1v) is 6.83. The molecule has 0 radical (unpaired) electrons. The van der Waals surface area contributed by atoms with Crippen LogP contribution >= 0.6 is 0 Å². The second-order valence-corrected chi connectivity index (χ2v) is 5.19. The van der Waals surface area contributed by atoms with Crippen LogP contribution in [0.2, 0.25) is 0 Å². The molecule has 0 saturated carbocycles. The summed E-state index contributed by atoms with van der Waals surface area (Å²) in [6, 6.07) is 8.13. The molecule has 0 aliphatic carbocycles. The Morgan fingerprint density at radius 1 is 1.32 bits per heavy atom. The van der Waals surface area contributed by atoms with Gasteiger partial charge in [-0.15, -0.1) is 0 Å². The number of benzene rings is 1. The van der Waals surface area contributed by atoms with Gasteiger partial charge in [0.05, 0.1) is 13.7 Å². The lowest BCUT2D eigenvalue weighted by Gasteiger charge is -2.20. The van der Waals surface area contributed by atoms with E-state index in [0.717, 1.165) is 31.7 Å². The van der Waals surface area contributed by atoms with Crippen molar-refractivity contribution >= 4 is 5.97 Å². The van der Waals surface area contributed by atoms with Crippen molar-refractivity contribution in [2.24, 2.45) is 0 Å². The van der Waals surface area contributed by atoms with Gasteiger partial charge in [-0.2, -0.15) is 0 Å². The van der Waals surface area contributed by atoms with Gasteiger partial charge in [0, 0.05) is 18.9 Å². The summed E-state index contributed by atoms with van der Waals surface area (Å²) in [5.74, 6) is 1.34. The third kappa shape index (κ3) is 2.32. The number of likely N-dealkylation sites (tertiary alicyclic amines) is 1. The molecular formula is C15H19NO3. The number of carbonyl (C=O) groups excluding carboxylic acids is 1. The molecule has 1 aromatic carbocycles. The number of rotatable bonds is 3. The van der Waals surface area contributed by atoms with Crippen molar-refractivity contribution in [1.82, 2.24) is 4.90 Å². The molecule has 0 amide bonds. The molecule has 2 aliphatic rings. The first-order chi connectivity index (χ1) is 9.29. The van der Waals surface area contributed by atoms with Crippen LogP contribution < -0.4 is 4.74 Å². The number of hydrogen-bond donors (Lipinski definition) is 0. The van der Waals surface area contributed by atoms with Crippen molar-refractivity contribution in [3.63, 3.8) is 0 Å². The van der Waals surface area contributed by atoms with Crippen LogP contribution in [0.1, 0.15) is 24.3 Å². The van der Waals surface area contributed by atoms with Crippen LogP contribution in [-0.2, 0) is 9.53 Å². The zero-order chi connectivity index (χ0) is 13.2. The highest BCUT2D eigenvalue weighted by Crippen LogP contribution is 2.35. The molecular weight excluding hydrogens is 242 g/mol. The van der Waals surface area contributed by atoms with E-state index in [1.54, 1.807) is 7.11 Å². The second kappa shape index (κ2) is 5.21. The number of cyclic esters (lactones) is 1. The summed E-state index contributed by atoms with van der Waals surface area (Å²) >= 11 is 0. The number of carbonyl (C=O) groups is 1. The molecule has 4 heteroatoms. The Balaban J connectivity index is 1.73. The molecule has 2 atom stereocenters. The van der Waals surface area contributed by atoms with Crippen LogP contribution in [0, 0.1) is 0 Å². The van der Waals surface area contributed by atoms with Gasteiger partial charge in [-0.3, -0.25) is 9.69 Å². The highest BCUT2D eigenvalue weighted by atomic mass is 16.5. The summed E-state index contributed by atoms with van der Waals surface area (Å²) in [5.41, 5.74) is 1.25. The van der Waals surface area contributed by atoms with E-state index in [9.17, 15) is 4.79 Å². The third-order valence-electron chi connectivity index (χ3n) is 4.15. The summed E-state index contributed by atoms with van der Waals surface area (Å²) in [6.07, 6.45) is 1.90. The SMILES string of the molecule is COc1ccccc1[C@H]1CCN([C@H]2CCOC2=O)C1. The predicted octanol–water partition coefficient (Wildman–Crippen LogP) is 1.80. The van der Waals surface area contributed by atoms with Gasteiger partial charge in [0.1, 0.15) is 11.8 Å². The van der Waals surface area contributed by atoms with Crippen molar-refractivity contribution in [2.75, 3.05) is 26.8 Å². The topological polar surface area (TPSA) is 38.8 Å². The van der Waals surface area contributed by atoms with Gasteiger partial charge in [0.15, 0.2) is 0 Å². The Kier molecular flexibility index (Phi) is 3.42. The lowest BCUT2D eigenvalue weighted by molar-refractivity contribution is -0.142. The molecule has 0 bridgehead atoms. The van der Waals surface area contributed by atoms with E-state index in [1.165, 1.54) is 5.56 Å². The zero-order valence-electron chi connectivity index (χ0n) is 11.2. The van der Waals surface area contributed by atoms with E-state index in [2.05, 4.69) is 11.0 Å². The first kappa shape index (κ1) is 12.5. The molecule has 1 aromatic rings. The van der Waals surface area contributed by atoms with E-state index in [1.807, 2.05) is 18.2 Å². The van der Waals surface area contributed by atoms with E-state index in [-0.39, 0.29) is 12.0 Å². The van der Waals surface area contributed by atoms with E-state index < -0.39 is 0 Å². The van der Waals surface area contributed by atoms with Crippen molar-refractivity contribution in [3.05, 3.63) is 29.8 Å². The molecule has 19 heavy (non-hydrogen) atoms. The standard InChI is InChI=1S/C15H19NO3/c1-18-14-5-3-2-4-12(14)11-6-8-16(10-11)13-7-9-19-15(13)17/h2-5,11,13H,6-10H2,1H3/t11-,13-/m0/s1. The fraction of sp³-hybridized carbons (Fsp3) is 0.533. The fourth-order valence-electron chi connectivity index (χ4n) is 3.14. The maximum atomic E-state index is 11.6. The molecule has 2 heterocycles. The Morgan fingerprint density at radius 2 is 2.16 bits per heavy atom. The van der Waals surface area contributed by atoms with E-state index >= 15 is 0 Å². The number of ether oxygens (including phenoxy) is 2. The van der Waals surface area contributed by atoms with Gasteiger partial charge in [-0.05, 0) is 24.6 Å². The van der Waals surface area contributed by atoms with Crippen molar-refractivity contribution < 1.29 is 14.3 Å². The van der Waals surface area contributed by atoms with Crippen LogP contribution in [0.5, 0.6) is 5.75 Å². The van der Waals surface area contributed by atoms with Crippen LogP contribution in [-0.4, -0.2) is 43.7 Å². The summed E-state index contributed by atoms with van der Waals surface area (Å²) in [4.78, 5) is 13.9. The smallest absolute Gasteiger partial charge is 0.323 e. The monoisotopic (exact) mass is 261 g/mol. The lowest BCUT2D eigenvalue weighted by atomic mass is 9.97. The van der Waals surface area contributed by atoms with E-state index in [4.69, 9.17) is 9.47 Å². The summed E-state index contributed by atoms with van der Waals surface area (Å²) in [7, 11) is 1.71. The maximum absolute atomic E-state index is 11.6. The molecule has 0 unspecified atom stereocenters. The summed E-state index contributed by atoms with van der Waals surface area (Å²) in [5, 5.41) is 0. The molecule has 0 aromatic heterocycles. The minimum atomic E-state index is -0.0549. The van der Waals surface area contributed by atoms with E-state index in [0.29, 0.717) is 12.5 Å². The predicted molar refractivity (Wildman–Crippen MR) is 71.3 cm³/mol. The second-order valence-electron chi connectivity index (χ2n) is 5.19.